The first-order valence-corrected chi connectivity index (χ1v) is 9.02. The van der Waals surface area contributed by atoms with Gasteiger partial charge >= 0.3 is 12.1 Å². The van der Waals surface area contributed by atoms with Crippen molar-refractivity contribution in [2.24, 2.45) is 5.92 Å². The second-order valence-electron chi connectivity index (χ2n) is 8.12. The molecule has 7 nitrogen and oxygen atoms in total. The zero-order valence-electron chi connectivity index (χ0n) is 16.6. The molecule has 4 atom stereocenters. The maximum absolute atomic E-state index is 13.0. The van der Waals surface area contributed by atoms with Crippen molar-refractivity contribution in [2.45, 2.75) is 57.6 Å². The number of hydrogen-bond donors (Lipinski definition) is 0. The number of hydrogen-bond acceptors (Lipinski definition) is 6. The minimum atomic E-state index is -1.03. The van der Waals surface area contributed by atoms with E-state index in [-0.39, 0.29) is 11.9 Å². The van der Waals surface area contributed by atoms with Crippen LogP contribution >= 0.6 is 0 Å². The Labute approximate surface area is 159 Å². The summed E-state index contributed by atoms with van der Waals surface area (Å²) in [5.74, 6) is -2.24. The Hall–Kier alpha value is -2.12. The Morgan fingerprint density at radius 3 is 2.48 bits per heavy atom. The van der Waals surface area contributed by atoms with Gasteiger partial charge in [0.2, 0.25) is 0 Å². The molecule has 3 rings (SSSR count). The van der Waals surface area contributed by atoms with E-state index in [4.69, 9.17) is 18.9 Å². The topological polar surface area (TPSA) is 74.3 Å². The third-order valence-corrected chi connectivity index (χ3v) is 5.04. The summed E-state index contributed by atoms with van der Waals surface area (Å²) in [4.78, 5) is 27.0. The summed E-state index contributed by atoms with van der Waals surface area (Å²) >= 11 is 0. The van der Waals surface area contributed by atoms with Crippen LogP contribution in [0.2, 0.25) is 0 Å². The Kier molecular flexibility index (Phi) is 4.94. The Morgan fingerprint density at radius 1 is 1.22 bits per heavy atom. The molecular formula is C20H27NO6. The summed E-state index contributed by atoms with van der Waals surface area (Å²) in [7, 11) is 2.89. The molecule has 0 aromatic heterocycles. The highest BCUT2D eigenvalue weighted by atomic mass is 16.7. The molecule has 0 spiro atoms. The molecule has 0 N–H and O–H groups in total. The number of para-hydroxylation sites is 1. The van der Waals surface area contributed by atoms with Crippen LogP contribution in [0.4, 0.5) is 10.5 Å². The van der Waals surface area contributed by atoms with Crippen molar-refractivity contribution >= 4 is 17.7 Å². The molecule has 1 fully saturated rings. The van der Waals surface area contributed by atoms with Crippen LogP contribution in [-0.4, -0.2) is 43.9 Å². The van der Waals surface area contributed by atoms with E-state index in [1.165, 1.54) is 19.1 Å². The standard InChI is InChI=1S/C20H27NO6/c1-19(2,3)27-18(23)21-14-10-8-7-9-12(14)15-13(17(22)24-5)11-20(4,25-6)26-16(15)21/h7-10,13,15-16H,11H2,1-6H3/t13-,15?,16?,20-/m1/s1. The number of nitrogens with zero attached hydrogens (tertiary/aromatic N) is 1. The Morgan fingerprint density at radius 2 is 1.89 bits per heavy atom. The minimum absolute atomic E-state index is 0.327. The normalized spacial score (nSPS) is 29.7. The maximum Gasteiger partial charge on any atom is 0.416 e. The van der Waals surface area contributed by atoms with Crippen LogP contribution in [-0.2, 0) is 23.7 Å². The molecule has 27 heavy (non-hydrogen) atoms. The lowest BCUT2D eigenvalue weighted by Crippen LogP contribution is -2.55. The van der Waals surface area contributed by atoms with Crippen molar-refractivity contribution < 1.29 is 28.5 Å². The third-order valence-electron chi connectivity index (χ3n) is 5.04. The minimum Gasteiger partial charge on any atom is -0.469 e. The zero-order valence-corrected chi connectivity index (χ0v) is 16.6. The Balaban J connectivity index is 2.08. The van der Waals surface area contributed by atoms with Gasteiger partial charge in [-0.05, 0) is 39.3 Å². The van der Waals surface area contributed by atoms with Gasteiger partial charge in [0.05, 0.1) is 18.7 Å². The number of ether oxygens (including phenoxy) is 4. The van der Waals surface area contributed by atoms with Gasteiger partial charge in [-0.1, -0.05) is 18.2 Å². The number of fused-ring (bicyclic) bond motifs is 3. The first-order chi connectivity index (χ1) is 12.6. The van der Waals surface area contributed by atoms with Crippen LogP contribution in [0.3, 0.4) is 0 Å². The SMILES string of the molecule is COC(=O)[C@@H]1C[C@](C)(OC)OC2C1c1ccccc1N2C(=O)OC(C)(C)C. The van der Waals surface area contributed by atoms with Crippen molar-refractivity contribution in [3.63, 3.8) is 0 Å². The average molecular weight is 377 g/mol. The molecule has 0 radical (unpaired) electrons. The number of benzene rings is 1. The predicted octanol–water partition coefficient (Wildman–Crippen LogP) is 3.42. The fourth-order valence-electron chi connectivity index (χ4n) is 3.84. The first kappa shape index (κ1) is 19.6. The lowest BCUT2D eigenvalue weighted by atomic mass is 9.80. The molecule has 2 heterocycles. The van der Waals surface area contributed by atoms with E-state index < -0.39 is 29.6 Å². The number of carbonyl (C=O) groups is 2. The average Bonchev–Trinajstić information content (AvgIpc) is 2.92. The van der Waals surface area contributed by atoms with Gasteiger partial charge < -0.3 is 18.9 Å². The van der Waals surface area contributed by atoms with E-state index in [2.05, 4.69) is 0 Å². The van der Waals surface area contributed by atoms with E-state index in [9.17, 15) is 9.59 Å². The lowest BCUT2D eigenvalue weighted by Gasteiger charge is -2.44. The van der Waals surface area contributed by atoms with Gasteiger partial charge in [-0.15, -0.1) is 0 Å². The van der Waals surface area contributed by atoms with Gasteiger partial charge in [-0.3, -0.25) is 9.69 Å². The summed E-state index contributed by atoms with van der Waals surface area (Å²) < 4.78 is 22.4. The fourth-order valence-corrected chi connectivity index (χ4v) is 3.84. The monoisotopic (exact) mass is 377 g/mol. The number of amides is 1. The van der Waals surface area contributed by atoms with Gasteiger partial charge in [0, 0.05) is 19.4 Å². The summed E-state index contributed by atoms with van der Waals surface area (Å²) in [5.41, 5.74) is 0.878. The van der Waals surface area contributed by atoms with Crippen LogP contribution in [0, 0.1) is 5.92 Å². The molecule has 0 saturated carbocycles. The van der Waals surface area contributed by atoms with Crippen molar-refractivity contribution in [3.05, 3.63) is 29.8 Å². The van der Waals surface area contributed by atoms with Crippen LogP contribution in [0.15, 0.2) is 24.3 Å². The van der Waals surface area contributed by atoms with Crippen LogP contribution in [0.5, 0.6) is 0 Å². The van der Waals surface area contributed by atoms with Crippen molar-refractivity contribution in [3.8, 4) is 0 Å². The summed E-state index contributed by atoms with van der Waals surface area (Å²) in [6.07, 6.45) is -0.917. The number of esters is 1. The predicted molar refractivity (Wildman–Crippen MR) is 98.3 cm³/mol. The van der Waals surface area contributed by atoms with Gasteiger partial charge in [-0.25, -0.2) is 4.79 Å². The smallest absolute Gasteiger partial charge is 0.416 e. The van der Waals surface area contributed by atoms with E-state index in [1.807, 2.05) is 45.0 Å². The molecule has 1 amide bonds. The highest BCUT2D eigenvalue weighted by Crippen LogP contribution is 2.52. The molecule has 2 unspecified atom stereocenters. The quantitative estimate of drug-likeness (QED) is 0.735. The van der Waals surface area contributed by atoms with Crippen LogP contribution < -0.4 is 4.90 Å². The number of anilines is 1. The van der Waals surface area contributed by atoms with Gasteiger partial charge in [-0.2, -0.15) is 0 Å². The zero-order chi connectivity index (χ0) is 20.0. The van der Waals surface area contributed by atoms with Crippen molar-refractivity contribution in [1.29, 1.82) is 0 Å². The summed E-state index contributed by atoms with van der Waals surface area (Å²) in [5, 5.41) is 0. The molecule has 1 aromatic carbocycles. The molecule has 1 aromatic rings. The number of rotatable bonds is 2. The van der Waals surface area contributed by atoms with E-state index >= 15 is 0 Å². The van der Waals surface area contributed by atoms with Gasteiger partial charge in [0.25, 0.3) is 0 Å². The molecule has 2 aliphatic heterocycles. The second kappa shape index (κ2) is 6.80. The summed E-state index contributed by atoms with van der Waals surface area (Å²) in [6.45, 7) is 7.18. The van der Waals surface area contributed by atoms with Crippen molar-refractivity contribution in [1.82, 2.24) is 0 Å². The first-order valence-electron chi connectivity index (χ1n) is 9.02. The molecule has 0 bridgehead atoms. The highest BCUT2D eigenvalue weighted by molar-refractivity contribution is 5.92. The molecule has 1 saturated heterocycles. The third kappa shape index (κ3) is 3.53. The van der Waals surface area contributed by atoms with Crippen LogP contribution in [0.1, 0.15) is 45.6 Å². The van der Waals surface area contributed by atoms with E-state index in [0.29, 0.717) is 12.1 Å². The number of methoxy groups -OCH3 is 2. The Bertz CT molecular complexity index is 742. The second-order valence-corrected chi connectivity index (χ2v) is 8.12. The molecule has 148 valence electrons. The van der Waals surface area contributed by atoms with Gasteiger partial charge in [0.1, 0.15) is 5.60 Å². The van der Waals surface area contributed by atoms with Crippen LogP contribution in [0.25, 0.3) is 0 Å². The molecule has 7 heteroatoms. The maximum atomic E-state index is 13.0. The van der Waals surface area contributed by atoms with E-state index in [1.54, 1.807) is 6.92 Å². The molecule has 2 aliphatic rings. The van der Waals surface area contributed by atoms with Crippen molar-refractivity contribution in [2.75, 3.05) is 19.1 Å². The fraction of sp³-hybridized carbons (Fsp3) is 0.600. The lowest BCUT2D eigenvalue weighted by molar-refractivity contribution is -0.270. The molecular weight excluding hydrogens is 350 g/mol. The summed E-state index contributed by atoms with van der Waals surface area (Å²) in [6, 6.07) is 7.47. The van der Waals surface area contributed by atoms with Gasteiger partial charge in [0.15, 0.2) is 12.0 Å². The molecule has 0 aliphatic carbocycles. The van der Waals surface area contributed by atoms with E-state index in [0.717, 1.165) is 5.56 Å². The number of carbonyl (C=O) groups excluding carboxylic acids is 2. The highest BCUT2D eigenvalue weighted by Gasteiger charge is 2.56. The largest absolute Gasteiger partial charge is 0.469 e.